The van der Waals surface area contributed by atoms with Crippen LogP contribution < -0.4 is 4.72 Å². The van der Waals surface area contributed by atoms with Gasteiger partial charge in [0.25, 0.3) is 0 Å². The minimum Gasteiger partial charge on any atom is -0.339 e. The highest BCUT2D eigenvalue weighted by molar-refractivity contribution is 7.89. The molecule has 160 valence electrons. The molecular formula is C20H23FN4O4S. The predicted octanol–water partition coefficient (Wildman–Crippen LogP) is 0.801. The molecule has 2 heterocycles. The van der Waals surface area contributed by atoms with Crippen molar-refractivity contribution in [1.29, 1.82) is 0 Å². The second-order valence-corrected chi connectivity index (χ2v) is 8.66. The van der Waals surface area contributed by atoms with Crippen LogP contribution in [0.25, 0.3) is 0 Å². The Balaban J connectivity index is 1.54. The van der Waals surface area contributed by atoms with E-state index in [1.165, 1.54) is 24.0 Å². The Morgan fingerprint density at radius 3 is 2.33 bits per heavy atom. The minimum atomic E-state index is -4.18. The first-order valence-corrected chi connectivity index (χ1v) is 11.0. The van der Waals surface area contributed by atoms with Gasteiger partial charge in [-0.25, -0.2) is 12.8 Å². The fourth-order valence-electron chi connectivity index (χ4n) is 3.23. The third-order valence-corrected chi connectivity index (χ3v) is 6.41. The monoisotopic (exact) mass is 434 g/mol. The highest BCUT2D eigenvalue weighted by atomic mass is 32.2. The van der Waals surface area contributed by atoms with Gasteiger partial charge in [0.2, 0.25) is 21.8 Å². The van der Waals surface area contributed by atoms with E-state index in [-0.39, 0.29) is 12.3 Å². The fourth-order valence-corrected chi connectivity index (χ4v) is 4.50. The maximum absolute atomic E-state index is 13.8. The standard InChI is InChI=1S/C20H23FN4O4S/c1-15(23-30(28,29)18-8-3-2-7-17(18)21)20(27)25-12-10-24(11-13-25)19(26)14-16-6-4-5-9-22-16/h2-9,15,23H,10-14H2,1H3/t15-/m0/s1. The number of carbonyl (C=O) groups excluding carboxylic acids is 2. The average molecular weight is 434 g/mol. The summed E-state index contributed by atoms with van der Waals surface area (Å²) < 4.78 is 40.8. The number of benzene rings is 1. The number of sulfonamides is 1. The van der Waals surface area contributed by atoms with Crippen molar-refractivity contribution >= 4 is 21.8 Å². The molecule has 1 atom stereocenters. The van der Waals surface area contributed by atoms with Crippen molar-refractivity contribution in [1.82, 2.24) is 19.5 Å². The Labute approximate surface area is 174 Å². The zero-order chi connectivity index (χ0) is 21.7. The third-order valence-electron chi connectivity index (χ3n) is 4.83. The van der Waals surface area contributed by atoms with Crippen LogP contribution >= 0.6 is 0 Å². The first-order chi connectivity index (χ1) is 14.3. The van der Waals surface area contributed by atoms with Gasteiger partial charge in [-0.2, -0.15) is 4.72 Å². The molecule has 0 spiro atoms. The summed E-state index contributed by atoms with van der Waals surface area (Å²) in [6.07, 6.45) is 1.82. The molecule has 1 saturated heterocycles. The summed E-state index contributed by atoms with van der Waals surface area (Å²) in [7, 11) is -4.18. The molecule has 0 bridgehead atoms. The van der Waals surface area contributed by atoms with Gasteiger partial charge in [0.1, 0.15) is 10.7 Å². The van der Waals surface area contributed by atoms with Gasteiger partial charge in [-0.3, -0.25) is 14.6 Å². The lowest BCUT2D eigenvalue weighted by Gasteiger charge is -2.36. The average Bonchev–Trinajstić information content (AvgIpc) is 2.74. The lowest BCUT2D eigenvalue weighted by atomic mass is 10.2. The highest BCUT2D eigenvalue weighted by Crippen LogP contribution is 2.14. The summed E-state index contributed by atoms with van der Waals surface area (Å²) in [5, 5.41) is 0. The number of amides is 2. The van der Waals surface area contributed by atoms with Gasteiger partial charge in [-0.05, 0) is 31.2 Å². The molecule has 10 heteroatoms. The maximum atomic E-state index is 13.8. The van der Waals surface area contributed by atoms with E-state index in [0.29, 0.717) is 31.9 Å². The van der Waals surface area contributed by atoms with Crippen molar-refractivity contribution in [3.63, 3.8) is 0 Å². The van der Waals surface area contributed by atoms with Gasteiger partial charge in [0, 0.05) is 38.1 Å². The first kappa shape index (κ1) is 21.8. The van der Waals surface area contributed by atoms with Crippen molar-refractivity contribution in [2.45, 2.75) is 24.3 Å². The van der Waals surface area contributed by atoms with E-state index in [4.69, 9.17) is 0 Å². The van der Waals surface area contributed by atoms with Gasteiger partial charge >= 0.3 is 0 Å². The molecule has 1 aliphatic heterocycles. The molecule has 1 fully saturated rings. The molecule has 3 rings (SSSR count). The number of nitrogens with one attached hydrogen (secondary N) is 1. The van der Waals surface area contributed by atoms with Gasteiger partial charge in [0.05, 0.1) is 12.5 Å². The van der Waals surface area contributed by atoms with Gasteiger partial charge in [-0.15, -0.1) is 0 Å². The van der Waals surface area contributed by atoms with E-state index in [0.717, 1.165) is 12.1 Å². The zero-order valence-electron chi connectivity index (χ0n) is 16.5. The van der Waals surface area contributed by atoms with Crippen LogP contribution in [0, 0.1) is 5.82 Å². The van der Waals surface area contributed by atoms with Crippen molar-refractivity contribution < 1.29 is 22.4 Å². The fraction of sp³-hybridized carbons (Fsp3) is 0.350. The van der Waals surface area contributed by atoms with Crippen LogP contribution in [0.1, 0.15) is 12.6 Å². The Kier molecular flexibility index (Phi) is 6.78. The molecule has 1 aliphatic rings. The molecule has 1 aromatic carbocycles. The van der Waals surface area contributed by atoms with Gasteiger partial charge < -0.3 is 9.80 Å². The number of hydrogen-bond acceptors (Lipinski definition) is 5. The molecule has 30 heavy (non-hydrogen) atoms. The summed E-state index contributed by atoms with van der Waals surface area (Å²) in [5.74, 6) is -1.38. The summed E-state index contributed by atoms with van der Waals surface area (Å²) in [4.78, 5) is 31.9. The van der Waals surface area contributed by atoms with Crippen LogP contribution in [-0.4, -0.2) is 67.2 Å². The molecular weight excluding hydrogens is 411 g/mol. The largest absolute Gasteiger partial charge is 0.339 e. The number of halogens is 1. The SMILES string of the molecule is C[C@H](NS(=O)(=O)c1ccccc1F)C(=O)N1CCN(C(=O)Cc2ccccn2)CC1. The number of piperazine rings is 1. The quantitative estimate of drug-likeness (QED) is 0.725. The third kappa shape index (κ3) is 5.19. The van der Waals surface area contributed by atoms with Gasteiger partial charge in [0.15, 0.2) is 0 Å². The van der Waals surface area contributed by atoms with Crippen LogP contribution in [0.2, 0.25) is 0 Å². The molecule has 2 amide bonds. The molecule has 0 saturated carbocycles. The molecule has 8 nitrogen and oxygen atoms in total. The van der Waals surface area contributed by atoms with Crippen molar-refractivity contribution in [2.24, 2.45) is 0 Å². The number of hydrogen-bond donors (Lipinski definition) is 1. The smallest absolute Gasteiger partial charge is 0.244 e. The topological polar surface area (TPSA) is 99.7 Å². The van der Waals surface area contributed by atoms with Crippen LogP contribution in [-0.2, 0) is 26.0 Å². The Bertz CT molecular complexity index is 1010. The number of nitrogens with zero attached hydrogens (tertiary/aromatic N) is 3. The lowest BCUT2D eigenvalue weighted by Crippen LogP contribution is -2.55. The Morgan fingerprint density at radius 2 is 1.70 bits per heavy atom. The number of rotatable bonds is 6. The van der Waals surface area contributed by atoms with Crippen LogP contribution in [0.3, 0.4) is 0 Å². The van der Waals surface area contributed by atoms with E-state index in [9.17, 15) is 22.4 Å². The van der Waals surface area contributed by atoms with E-state index < -0.39 is 32.7 Å². The van der Waals surface area contributed by atoms with E-state index in [1.54, 1.807) is 23.2 Å². The molecule has 1 aromatic heterocycles. The Morgan fingerprint density at radius 1 is 1.07 bits per heavy atom. The van der Waals surface area contributed by atoms with Crippen molar-refractivity contribution in [3.05, 3.63) is 60.2 Å². The molecule has 0 radical (unpaired) electrons. The first-order valence-electron chi connectivity index (χ1n) is 9.51. The predicted molar refractivity (Wildman–Crippen MR) is 107 cm³/mol. The van der Waals surface area contributed by atoms with Crippen LogP contribution in [0.5, 0.6) is 0 Å². The zero-order valence-corrected chi connectivity index (χ0v) is 17.3. The van der Waals surface area contributed by atoms with E-state index in [2.05, 4.69) is 9.71 Å². The Hall–Kier alpha value is -2.85. The second kappa shape index (κ2) is 9.31. The van der Waals surface area contributed by atoms with Crippen LogP contribution in [0.4, 0.5) is 4.39 Å². The number of aromatic nitrogens is 1. The molecule has 0 aliphatic carbocycles. The second-order valence-electron chi connectivity index (χ2n) is 6.98. The number of pyridine rings is 1. The normalized spacial score (nSPS) is 15.7. The van der Waals surface area contributed by atoms with Gasteiger partial charge in [-0.1, -0.05) is 18.2 Å². The lowest BCUT2D eigenvalue weighted by molar-refractivity contribution is -0.140. The summed E-state index contributed by atoms with van der Waals surface area (Å²) in [5.41, 5.74) is 0.678. The summed E-state index contributed by atoms with van der Waals surface area (Å²) >= 11 is 0. The van der Waals surface area contributed by atoms with E-state index in [1.807, 2.05) is 6.07 Å². The van der Waals surface area contributed by atoms with Crippen LogP contribution in [0.15, 0.2) is 53.6 Å². The van der Waals surface area contributed by atoms with Crippen molar-refractivity contribution in [3.8, 4) is 0 Å². The molecule has 1 N–H and O–H groups in total. The molecule has 2 aromatic rings. The van der Waals surface area contributed by atoms with E-state index >= 15 is 0 Å². The number of carbonyl (C=O) groups is 2. The highest BCUT2D eigenvalue weighted by Gasteiger charge is 2.30. The maximum Gasteiger partial charge on any atom is 0.244 e. The minimum absolute atomic E-state index is 0.0749. The summed E-state index contributed by atoms with van der Waals surface area (Å²) in [6.45, 7) is 2.70. The summed E-state index contributed by atoms with van der Waals surface area (Å²) in [6, 6.07) is 9.29. The molecule has 0 unspecified atom stereocenters. The van der Waals surface area contributed by atoms with Crippen molar-refractivity contribution in [2.75, 3.05) is 26.2 Å².